The lowest BCUT2D eigenvalue weighted by atomic mass is 10.1. The van der Waals surface area contributed by atoms with Crippen molar-refractivity contribution in [1.82, 2.24) is 0 Å². The van der Waals surface area contributed by atoms with Gasteiger partial charge in [-0.05, 0) is 28.5 Å². The van der Waals surface area contributed by atoms with Crippen molar-refractivity contribution in [2.24, 2.45) is 0 Å². The standard InChI is InChI=1S/C18H12S/c1-2-7-14(8-3-1)18-12-16-15-9-5-4-6-13(15)10-11-17(16)19-18/h1-12H. The van der Waals surface area contributed by atoms with Crippen molar-refractivity contribution in [1.29, 1.82) is 0 Å². The minimum Gasteiger partial charge on any atom is -0.135 e. The Hall–Kier alpha value is -2.12. The van der Waals surface area contributed by atoms with E-state index >= 15 is 0 Å². The van der Waals surface area contributed by atoms with Crippen molar-refractivity contribution < 1.29 is 0 Å². The number of hydrogen-bond acceptors (Lipinski definition) is 1. The second-order valence-electron chi connectivity index (χ2n) is 4.68. The Kier molecular flexibility index (Phi) is 2.39. The van der Waals surface area contributed by atoms with Gasteiger partial charge in [0.05, 0.1) is 0 Å². The summed E-state index contributed by atoms with van der Waals surface area (Å²) >= 11 is 1.87. The van der Waals surface area contributed by atoms with E-state index in [2.05, 4.69) is 72.8 Å². The van der Waals surface area contributed by atoms with Gasteiger partial charge in [0.2, 0.25) is 0 Å². The SMILES string of the molecule is c1ccc(-c2cc3c(ccc4ccccc43)s2)cc1. The summed E-state index contributed by atoms with van der Waals surface area (Å²) in [6, 6.07) is 25.9. The molecule has 4 rings (SSSR count). The van der Waals surface area contributed by atoms with E-state index in [1.165, 1.54) is 31.3 Å². The van der Waals surface area contributed by atoms with Gasteiger partial charge < -0.3 is 0 Å². The molecule has 0 aliphatic carbocycles. The van der Waals surface area contributed by atoms with Crippen LogP contribution >= 0.6 is 11.3 Å². The number of benzene rings is 3. The van der Waals surface area contributed by atoms with Crippen LogP contribution in [-0.4, -0.2) is 0 Å². The van der Waals surface area contributed by atoms with Crippen LogP contribution in [0, 0.1) is 0 Å². The molecule has 3 aromatic carbocycles. The molecule has 0 saturated heterocycles. The maximum absolute atomic E-state index is 2.32. The van der Waals surface area contributed by atoms with Gasteiger partial charge in [0.25, 0.3) is 0 Å². The first-order valence-corrected chi connectivity index (χ1v) is 7.20. The van der Waals surface area contributed by atoms with E-state index < -0.39 is 0 Å². The van der Waals surface area contributed by atoms with E-state index in [4.69, 9.17) is 0 Å². The Morgan fingerprint density at radius 1 is 0.632 bits per heavy atom. The molecule has 0 spiro atoms. The quantitative estimate of drug-likeness (QED) is 0.410. The molecule has 90 valence electrons. The Bertz CT molecular complexity index is 857. The molecule has 0 fully saturated rings. The Morgan fingerprint density at radius 2 is 1.42 bits per heavy atom. The molecule has 0 atom stereocenters. The summed E-state index contributed by atoms with van der Waals surface area (Å²) in [5, 5.41) is 4.02. The average Bonchev–Trinajstić information content (AvgIpc) is 2.93. The van der Waals surface area contributed by atoms with Gasteiger partial charge in [0.1, 0.15) is 0 Å². The highest BCUT2D eigenvalue weighted by Crippen LogP contribution is 2.36. The topological polar surface area (TPSA) is 0 Å². The fraction of sp³-hybridized carbons (Fsp3) is 0. The van der Waals surface area contributed by atoms with Gasteiger partial charge in [-0.3, -0.25) is 0 Å². The zero-order valence-electron chi connectivity index (χ0n) is 10.3. The van der Waals surface area contributed by atoms with Crippen molar-refractivity contribution in [3.63, 3.8) is 0 Å². The predicted molar refractivity (Wildman–Crippen MR) is 84.8 cm³/mol. The fourth-order valence-electron chi connectivity index (χ4n) is 2.54. The highest BCUT2D eigenvalue weighted by atomic mass is 32.1. The number of thiophene rings is 1. The van der Waals surface area contributed by atoms with Crippen LogP contribution < -0.4 is 0 Å². The van der Waals surface area contributed by atoms with Crippen molar-refractivity contribution in [3.05, 3.63) is 72.8 Å². The minimum atomic E-state index is 1.30. The number of rotatable bonds is 1. The Morgan fingerprint density at radius 3 is 2.32 bits per heavy atom. The summed E-state index contributed by atoms with van der Waals surface area (Å²) < 4.78 is 1.36. The molecule has 0 nitrogen and oxygen atoms in total. The van der Waals surface area contributed by atoms with Crippen LogP contribution in [-0.2, 0) is 0 Å². The van der Waals surface area contributed by atoms with Crippen LogP contribution in [0.3, 0.4) is 0 Å². The molecule has 1 aromatic heterocycles. The molecule has 0 unspecified atom stereocenters. The molecule has 0 amide bonds. The summed E-state index contributed by atoms with van der Waals surface area (Å²) in [4.78, 5) is 1.34. The maximum atomic E-state index is 2.32. The fourth-order valence-corrected chi connectivity index (χ4v) is 3.62. The molecule has 0 aliphatic rings. The predicted octanol–water partition coefficient (Wildman–Crippen LogP) is 5.72. The normalized spacial score (nSPS) is 11.2. The Balaban J connectivity index is 2.04. The third kappa shape index (κ3) is 1.74. The van der Waals surface area contributed by atoms with Crippen LogP contribution in [0.2, 0.25) is 0 Å². The molecule has 0 bridgehead atoms. The summed E-state index contributed by atoms with van der Waals surface area (Å²) in [5.41, 5.74) is 1.30. The van der Waals surface area contributed by atoms with E-state index in [9.17, 15) is 0 Å². The van der Waals surface area contributed by atoms with Gasteiger partial charge in [-0.2, -0.15) is 0 Å². The number of hydrogen-bond donors (Lipinski definition) is 0. The van der Waals surface area contributed by atoms with Crippen LogP contribution in [0.15, 0.2) is 72.8 Å². The third-order valence-electron chi connectivity index (χ3n) is 3.48. The van der Waals surface area contributed by atoms with Crippen LogP contribution in [0.4, 0.5) is 0 Å². The molecular formula is C18H12S. The molecular weight excluding hydrogens is 248 g/mol. The first-order chi connectivity index (χ1) is 9.42. The lowest BCUT2D eigenvalue weighted by Gasteiger charge is -1.97. The van der Waals surface area contributed by atoms with E-state index in [-0.39, 0.29) is 0 Å². The molecule has 1 heterocycles. The van der Waals surface area contributed by atoms with E-state index in [1.807, 2.05) is 11.3 Å². The molecule has 0 radical (unpaired) electrons. The maximum Gasteiger partial charge on any atom is 0.0355 e. The monoisotopic (exact) mass is 260 g/mol. The van der Waals surface area contributed by atoms with Gasteiger partial charge in [0.15, 0.2) is 0 Å². The smallest absolute Gasteiger partial charge is 0.0355 e. The van der Waals surface area contributed by atoms with Crippen LogP contribution in [0.25, 0.3) is 31.3 Å². The van der Waals surface area contributed by atoms with Crippen molar-refractivity contribution in [3.8, 4) is 10.4 Å². The van der Waals surface area contributed by atoms with Crippen LogP contribution in [0.1, 0.15) is 0 Å². The Labute approximate surface area is 115 Å². The highest BCUT2D eigenvalue weighted by molar-refractivity contribution is 7.22. The van der Waals surface area contributed by atoms with Crippen LogP contribution in [0.5, 0.6) is 0 Å². The van der Waals surface area contributed by atoms with Gasteiger partial charge in [0, 0.05) is 15.0 Å². The average molecular weight is 260 g/mol. The largest absolute Gasteiger partial charge is 0.135 e. The molecule has 0 N–H and O–H groups in total. The van der Waals surface area contributed by atoms with E-state index in [1.54, 1.807) is 0 Å². The first-order valence-electron chi connectivity index (χ1n) is 6.38. The summed E-state index contributed by atoms with van der Waals surface area (Å²) in [7, 11) is 0. The first kappa shape index (κ1) is 10.8. The van der Waals surface area contributed by atoms with Crippen molar-refractivity contribution in [2.45, 2.75) is 0 Å². The summed E-state index contributed by atoms with van der Waals surface area (Å²) in [6.45, 7) is 0. The van der Waals surface area contributed by atoms with Gasteiger partial charge in [-0.25, -0.2) is 0 Å². The summed E-state index contributed by atoms with van der Waals surface area (Å²) in [5.74, 6) is 0. The zero-order valence-corrected chi connectivity index (χ0v) is 11.2. The minimum absolute atomic E-state index is 1.30. The van der Waals surface area contributed by atoms with Crippen molar-refractivity contribution >= 4 is 32.2 Å². The molecule has 0 saturated carbocycles. The molecule has 4 aromatic rings. The molecule has 1 heteroatoms. The third-order valence-corrected chi connectivity index (χ3v) is 4.63. The number of fused-ring (bicyclic) bond motifs is 3. The van der Waals surface area contributed by atoms with E-state index in [0.29, 0.717) is 0 Å². The zero-order chi connectivity index (χ0) is 12.7. The van der Waals surface area contributed by atoms with E-state index in [0.717, 1.165) is 0 Å². The lowest BCUT2D eigenvalue weighted by Crippen LogP contribution is -1.71. The summed E-state index contributed by atoms with van der Waals surface area (Å²) in [6.07, 6.45) is 0. The second-order valence-corrected chi connectivity index (χ2v) is 5.76. The highest BCUT2D eigenvalue weighted by Gasteiger charge is 2.06. The van der Waals surface area contributed by atoms with Gasteiger partial charge >= 0.3 is 0 Å². The second kappa shape index (κ2) is 4.22. The molecule has 19 heavy (non-hydrogen) atoms. The lowest BCUT2D eigenvalue weighted by molar-refractivity contribution is 1.70. The van der Waals surface area contributed by atoms with Gasteiger partial charge in [-0.15, -0.1) is 11.3 Å². The van der Waals surface area contributed by atoms with Gasteiger partial charge in [-0.1, -0.05) is 60.7 Å². The molecule has 0 aliphatic heterocycles. The van der Waals surface area contributed by atoms with Crippen molar-refractivity contribution in [2.75, 3.05) is 0 Å².